The molecule has 0 saturated carbocycles. The summed E-state index contributed by atoms with van der Waals surface area (Å²) in [6, 6.07) is 7.38. The van der Waals surface area contributed by atoms with Gasteiger partial charge in [0.1, 0.15) is 5.82 Å². The molecule has 3 aromatic rings. The van der Waals surface area contributed by atoms with Crippen molar-refractivity contribution in [2.45, 2.75) is 0 Å². The number of aromatic nitrogens is 3. The molecule has 0 amide bonds. The Balaban J connectivity index is 2.24. The van der Waals surface area contributed by atoms with Crippen LogP contribution in [0.3, 0.4) is 0 Å². The normalized spacial score (nSPS) is 10.3. The minimum Gasteiger partial charge on any atom is -0.302 e. The predicted octanol–water partition coefficient (Wildman–Crippen LogP) is 2.97. The molecule has 0 aliphatic rings. The summed E-state index contributed by atoms with van der Waals surface area (Å²) in [6.07, 6.45) is 7.14. The molecule has 0 aliphatic heterocycles. The van der Waals surface area contributed by atoms with E-state index in [0.29, 0.717) is 5.69 Å². The molecule has 3 heterocycles. The molecule has 4 nitrogen and oxygen atoms in total. The van der Waals surface area contributed by atoms with Crippen LogP contribution in [0.25, 0.3) is 21.6 Å². The van der Waals surface area contributed by atoms with Crippen LogP contribution >= 0.6 is 0 Å². The molecule has 3 aromatic heterocycles. The summed E-state index contributed by atoms with van der Waals surface area (Å²) in [5, 5.41) is 1.06. The van der Waals surface area contributed by atoms with Gasteiger partial charge in [-0.25, -0.2) is 9.83 Å². The second-order valence-corrected chi connectivity index (χ2v) is 3.60. The lowest BCUT2D eigenvalue weighted by Gasteiger charge is -2.04. The highest BCUT2D eigenvalue weighted by Crippen LogP contribution is 2.20. The first-order valence-corrected chi connectivity index (χ1v) is 5.13. The smallest absolute Gasteiger partial charge is 0.192 e. The van der Waals surface area contributed by atoms with Gasteiger partial charge in [-0.05, 0) is 24.3 Å². The standard InChI is InChI=1S/C13H8N4/c1-14-11-2-6-16-13(8-11)17-7-4-10-9-15-5-3-12(10)17/h2-9H. The fourth-order valence-corrected chi connectivity index (χ4v) is 1.79. The Bertz CT molecular complexity index is 721. The summed E-state index contributed by atoms with van der Waals surface area (Å²) in [5.41, 5.74) is 1.63. The van der Waals surface area contributed by atoms with Crippen molar-refractivity contribution in [3.05, 3.63) is 60.5 Å². The molecule has 0 aliphatic carbocycles. The zero-order chi connectivity index (χ0) is 11.7. The van der Waals surface area contributed by atoms with E-state index in [2.05, 4.69) is 14.8 Å². The van der Waals surface area contributed by atoms with E-state index in [1.54, 1.807) is 24.5 Å². The van der Waals surface area contributed by atoms with Gasteiger partial charge in [-0.3, -0.25) is 4.98 Å². The largest absolute Gasteiger partial charge is 0.302 e. The van der Waals surface area contributed by atoms with E-state index in [-0.39, 0.29) is 0 Å². The number of fused-ring (bicyclic) bond motifs is 1. The van der Waals surface area contributed by atoms with Crippen molar-refractivity contribution in [2.75, 3.05) is 0 Å². The van der Waals surface area contributed by atoms with Crippen LogP contribution in [0.4, 0.5) is 5.69 Å². The van der Waals surface area contributed by atoms with Crippen molar-refractivity contribution in [3.63, 3.8) is 0 Å². The Labute approximate surface area is 98.0 Å². The lowest BCUT2D eigenvalue weighted by Crippen LogP contribution is -1.94. The molecule has 0 atom stereocenters. The number of hydrogen-bond acceptors (Lipinski definition) is 2. The molecule has 80 valence electrons. The Morgan fingerprint density at radius 2 is 2.12 bits per heavy atom. The third-order valence-electron chi connectivity index (χ3n) is 2.60. The Hall–Kier alpha value is -2.67. The van der Waals surface area contributed by atoms with Gasteiger partial charge in [0, 0.05) is 30.2 Å². The van der Waals surface area contributed by atoms with Crippen LogP contribution < -0.4 is 0 Å². The van der Waals surface area contributed by atoms with Crippen molar-refractivity contribution in [3.8, 4) is 5.82 Å². The van der Waals surface area contributed by atoms with Crippen LogP contribution in [0.5, 0.6) is 0 Å². The molecule has 0 bridgehead atoms. The molecule has 0 fully saturated rings. The van der Waals surface area contributed by atoms with Gasteiger partial charge in [0.25, 0.3) is 0 Å². The van der Waals surface area contributed by atoms with Crippen LogP contribution in [-0.4, -0.2) is 14.5 Å². The van der Waals surface area contributed by atoms with E-state index in [9.17, 15) is 0 Å². The van der Waals surface area contributed by atoms with Gasteiger partial charge >= 0.3 is 0 Å². The summed E-state index contributed by atoms with van der Waals surface area (Å²) in [5.74, 6) is 0.750. The van der Waals surface area contributed by atoms with E-state index in [1.165, 1.54) is 0 Å². The summed E-state index contributed by atoms with van der Waals surface area (Å²) < 4.78 is 1.95. The first-order valence-electron chi connectivity index (χ1n) is 5.13. The molecule has 17 heavy (non-hydrogen) atoms. The van der Waals surface area contributed by atoms with Crippen LogP contribution in [-0.2, 0) is 0 Å². The quantitative estimate of drug-likeness (QED) is 0.591. The Morgan fingerprint density at radius 1 is 1.18 bits per heavy atom. The third-order valence-corrected chi connectivity index (χ3v) is 2.60. The predicted molar refractivity (Wildman–Crippen MR) is 65.1 cm³/mol. The monoisotopic (exact) mass is 220 g/mol. The van der Waals surface area contributed by atoms with E-state index >= 15 is 0 Å². The molecule has 0 radical (unpaired) electrons. The molecule has 0 aromatic carbocycles. The molecular formula is C13H8N4. The fourth-order valence-electron chi connectivity index (χ4n) is 1.79. The molecule has 0 unspecified atom stereocenters. The van der Waals surface area contributed by atoms with Crippen molar-refractivity contribution in [1.82, 2.24) is 14.5 Å². The van der Waals surface area contributed by atoms with Crippen molar-refractivity contribution in [2.24, 2.45) is 0 Å². The number of nitrogens with zero attached hydrogens (tertiary/aromatic N) is 4. The van der Waals surface area contributed by atoms with E-state index < -0.39 is 0 Å². The van der Waals surface area contributed by atoms with Gasteiger partial charge in [-0.1, -0.05) is 0 Å². The van der Waals surface area contributed by atoms with Crippen LogP contribution in [0.1, 0.15) is 0 Å². The van der Waals surface area contributed by atoms with Gasteiger partial charge < -0.3 is 4.57 Å². The minimum atomic E-state index is 0.589. The highest BCUT2D eigenvalue weighted by Gasteiger charge is 2.04. The third kappa shape index (κ3) is 1.54. The van der Waals surface area contributed by atoms with Gasteiger partial charge in [0.05, 0.1) is 12.1 Å². The lowest BCUT2D eigenvalue weighted by atomic mass is 10.3. The lowest BCUT2D eigenvalue weighted by molar-refractivity contribution is 1.04. The number of hydrogen-bond donors (Lipinski definition) is 0. The number of rotatable bonds is 1. The SMILES string of the molecule is [C-]#[N+]c1ccnc(-n2ccc3cnccc32)c1. The van der Waals surface area contributed by atoms with Gasteiger partial charge in [-0.2, -0.15) is 0 Å². The summed E-state index contributed by atoms with van der Waals surface area (Å²) in [7, 11) is 0. The van der Waals surface area contributed by atoms with Crippen LogP contribution in [0, 0.1) is 6.57 Å². The molecule has 4 heteroatoms. The molecular weight excluding hydrogens is 212 g/mol. The summed E-state index contributed by atoms with van der Waals surface area (Å²) in [6.45, 7) is 7.01. The molecule has 0 saturated heterocycles. The second-order valence-electron chi connectivity index (χ2n) is 3.60. The van der Waals surface area contributed by atoms with E-state index in [4.69, 9.17) is 6.57 Å². The van der Waals surface area contributed by atoms with Gasteiger partial charge in [-0.15, -0.1) is 0 Å². The molecule has 0 N–H and O–H groups in total. The van der Waals surface area contributed by atoms with Gasteiger partial charge in [0.2, 0.25) is 0 Å². The Kier molecular flexibility index (Phi) is 2.09. The van der Waals surface area contributed by atoms with Gasteiger partial charge in [0.15, 0.2) is 5.69 Å². The van der Waals surface area contributed by atoms with Crippen LogP contribution in [0.2, 0.25) is 0 Å². The van der Waals surface area contributed by atoms with Crippen molar-refractivity contribution < 1.29 is 0 Å². The van der Waals surface area contributed by atoms with E-state index in [0.717, 1.165) is 16.7 Å². The number of pyridine rings is 2. The average molecular weight is 220 g/mol. The maximum absolute atomic E-state index is 7.01. The maximum Gasteiger partial charge on any atom is 0.192 e. The summed E-state index contributed by atoms with van der Waals surface area (Å²) >= 11 is 0. The fraction of sp³-hybridized carbons (Fsp3) is 0. The molecule has 3 rings (SSSR count). The average Bonchev–Trinajstić information content (AvgIpc) is 2.82. The van der Waals surface area contributed by atoms with Crippen molar-refractivity contribution >= 4 is 16.6 Å². The Morgan fingerprint density at radius 3 is 3.00 bits per heavy atom. The second kappa shape index (κ2) is 3.72. The zero-order valence-electron chi connectivity index (χ0n) is 8.91. The topological polar surface area (TPSA) is 35.1 Å². The first-order chi connectivity index (χ1) is 8.38. The highest BCUT2D eigenvalue weighted by atomic mass is 15.0. The van der Waals surface area contributed by atoms with E-state index in [1.807, 2.05) is 29.1 Å². The molecule has 0 spiro atoms. The zero-order valence-corrected chi connectivity index (χ0v) is 8.91. The minimum absolute atomic E-state index is 0.589. The summed E-state index contributed by atoms with van der Waals surface area (Å²) in [4.78, 5) is 11.8. The van der Waals surface area contributed by atoms with Crippen molar-refractivity contribution in [1.29, 1.82) is 0 Å². The highest BCUT2D eigenvalue weighted by molar-refractivity contribution is 5.80. The first kappa shape index (κ1) is 9.55. The van der Waals surface area contributed by atoms with Crippen LogP contribution in [0.15, 0.2) is 49.1 Å². The maximum atomic E-state index is 7.01.